The molecule has 4 nitrogen and oxygen atoms in total. The largest absolute Gasteiger partial charge is 0.304 e. The Hall–Kier alpha value is -1.89. The van der Waals surface area contributed by atoms with Gasteiger partial charge in [-0.3, -0.25) is 9.48 Å². The molecule has 3 rings (SSSR count). The summed E-state index contributed by atoms with van der Waals surface area (Å²) in [6, 6.07) is 10.9. The Morgan fingerprint density at radius 3 is 2.64 bits per heavy atom. The number of anilines is 1. The van der Waals surface area contributed by atoms with Gasteiger partial charge in [-0.15, -0.1) is 0 Å². The van der Waals surface area contributed by atoms with E-state index in [1.54, 1.807) is 41.2 Å². The fraction of sp³-hybridized carbons (Fsp3) is 0.0588. The average molecular weight is 443 g/mol. The molecule has 8 heteroatoms. The second-order valence-electron chi connectivity index (χ2n) is 5.21. The molecule has 1 N–H and O–H groups in total. The van der Waals surface area contributed by atoms with E-state index in [1.165, 1.54) is 12.1 Å². The predicted octanol–water partition coefficient (Wildman–Crippen LogP) is 5.39. The number of carbonyl (C=O) groups excluding carboxylic acids is 1. The first kappa shape index (κ1) is 17.9. The van der Waals surface area contributed by atoms with Gasteiger partial charge >= 0.3 is 0 Å². The van der Waals surface area contributed by atoms with Crippen molar-refractivity contribution in [1.82, 2.24) is 9.78 Å². The normalized spacial score (nSPS) is 10.7. The van der Waals surface area contributed by atoms with Crippen LogP contribution in [0.1, 0.15) is 15.9 Å². The number of nitrogens with one attached hydrogen (secondary N) is 1. The molecule has 0 aliphatic rings. The topological polar surface area (TPSA) is 46.9 Å². The van der Waals surface area contributed by atoms with Crippen LogP contribution in [0.5, 0.6) is 0 Å². The second kappa shape index (κ2) is 7.56. The van der Waals surface area contributed by atoms with Crippen molar-refractivity contribution in [2.24, 2.45) is 0 Å². The van der Waals surface area contributed by atoms with Crippen molar-refractivity contribution in [3.05, 3.63) is 80.1 Å². The van der Waals surface area contributed by atoms with Crippen LogP contribution in [0.25, 0.3) is 0 Å². The van der Waals surface area contributed by atoms with Gasteiger partial charge in [0.15, 0.2) is 5.82 Å². The van der Waals surface area contributed by atoms with E-state index in [9.17, 15) is 9.18 Å². The van der Waals surface area contributed by atoms with Crippen LogP contribution < -0.4 is 5.32 Å². The molecule has 1 amide bonds. The van der Waals surface area contributed by atoms with Crippen molar-refractivity contribution in [3.8, 4) is 0 Å². The van der Waals surface area contributed by atoms with Gasteiger partial charge in [0, 0.05) is 6.20 Å². The molecule has 0 atom stereocenters. The number of nitrogens with zero attached hydrogens (tertiary/aromatic N) is 2. The molecule has 0 saturated heterocycles. The maximum Gasteiger partial charge on any atom is 0.258 e. The zero-order valence-electron chi connectivity index (χ0n) is 12.6. The second-order valence-corrected chi connectivity index (χ2v) is 6.84. The van der Waals surface area contributed by atoms with Gasteiger partial charge in [0.1, 0.15) is 5.82 Å². The standard InChI is InChI=1S/C17H11BrCl2FN3O/c18-13-9-24(8-10-4-6-11(21)7-5-10)23-16(13)22-17(25)12-2-1-3-14(19)15(12)20/h1-7,9H,8H2,(H,22,23,25). The molecule has 1 heterocycles. The third-order valence-corrected chi connectivity index (χ3v) is 4.80. The maximum absolute atomic E-state index is 13.0. The molecule has 0 aliphatic carbocycles. The van der Waals surface area contributed by atoms with Crippen molar-refractivity contribution >= 4 is 50.9 Å². The van der Waals surface area contributed by atoms with E-state index in [0.717, 1.165) is 5.56 Å². The molecule has 1 aromatic heterocycles. The molecule has 0 fully saturated rings. The Morgan fingerprint density at radius 2 is 1.92 bits per heavy atom. The third kappa shape index (κ3) is 4.21. The summed E-state index contributed by atoms with van der Waals surface area (Å²) < 4.78 is 15.2. The van der Waals surface area contributed by atoms with Crippen LogP contribution in [0.4, 0.5) is 10.2 Å². The van der Waals surface area contributed by atoms with Crippen molar-refractivity contribution in [1.29, 1.82) is 0 Å². The minimum atomic E-state index is -0.416. The Bertz CT molecular complexity index is 928. The van der Waals surface area contributed by atoms with Gasteiger partial charge in [-0.05, 0) is 45.8 Å². The summed E-state index contributed by atoms with van der Waals surface area (Å²) in [5.41, 5.74) is 1.14. The van der Waals surface area contributed by atoms with Gasteiger partial charge in [0.25, 0.3) is 5.91 Å². The van der Waals surface area contributed by atoms with Crippen LogP contribution in [0.15, 0.2) is 53.1 Å². The van der Waals surface area contributed by atoms with Crippen molar-refractivity contribution in [3.63, 3.8) is 0 Å². The molecule has 128 valence electrons. The van der Waals surface area contributed by atoms with E-state index in [2.05, 4.69) is 26.3 Å². The zero-order valence-corrected chi connectivity index (χ0v) is 15.7. The lowest BCUT2D eigenvalue weighted by Crippen LogP contribution is -2.13. The van der Waals surface area contributed by atoms with Crippen LogP contribution in [-0.2, 0) is 6.54 Å². The molecule has 25 heavy (non-hydrogen) atoms. The molecule has 0 unspecified atom stereocenters. The predicted molar refractivity (Wildman–Crippen MR) is 99.8 cm³/mol. The van der Waals surface area contributed by atoms with Crippen molar-refractivity contribution in [2.75, 3.05) is 5.32 Å². The van der Waals surface area contributed by atoms with Crippen molar-refractivity contribution < 1.29 is 9.18 Å². The van der Waals surface area contributed by atoms with E-state index < -0.39 is 5.91 Å². The summed E-state index contributed by atoms with van der Waals surface area (Å²) in [7, 11) is 0. The number of halogens is 4. The Balaban J connectivity index is 1.77. The van der Waals surface area contributed by atoms with E-state index in [-0.39, 0.29) is 16.4 Å². The Morgan fingerprint density at radius 1 is 1.20 bits per heavy atom. The summed E-state index contributed by atoms with van der Waals surface area (Å²) >= 11 is 15.3. The molecule has 2 aromatic carbocycles. The van der Waals surface area contributed by atoms with Gasteiger partial charge in [-0.25, -0.2) is 4.39 Å². The number of carbonyl (C=O) groups is 1. The van der Waals surface area contributed by atoms with Gasteiger partial charge in [-0.1, -0.05) is 41.4 Å². The van der Waals surface area contributed by atoms with E-state index in [4.69, 9.17) is 23.2 Å². The summed E-state index contributed by atoms with van der Waals surface area (Å²) in [6.07, 6.45) is 1.72. The molecular weight excluding hydrogens is 432 g/mol. The van der Waals surface area contributed by atoms with Crippen LogP contribution in [0.2, 0.25) is 10.0 Å². The SMILES string of the molecule is O=C(Nc1nn(Cc2ccc(F)cc2)cc1Br)c1cccc(Cl)c1Cl. The van der Waals surface area contributed by atoms with Crippen molar-refractivity contribution in [2.45, 2.75) is 6.54 Å². The summed E-state index contributed by atoms with van der Waals surface area (Å²) in [4.78, 5) is 12.4. The third-order valence-electron chi connectivity index (χ3n) is 3.40. The maximum atomic E-state index is 13.0. The summed E-state index contributed by atoms with van der Waals surface area (Å²) in [5, 5.41) is 7.49. The number of benzene rings is 2. The Labute approximate surface area is 161 Å². The highest BCUT2D eigenvalue weighted by atomic mass is 79.9. The minimum absolute atomic E-state index is 0.184. The molecule has 0 bridgehead atoms. The number of aromatic nitrogens is 2. The first-order chi connectivity index (χ1) is 11.9. The summed E-state index contributed by atoms with van der Waals surface area (Å²) in [5.74, 6) is -0.361. The minimum Gasteiger partial charge on any atom is -0.304 e. The molecular formula is C17H11BrCl2FN3O. The fourth-order valence-electron chi connectivity index (χ4n) is 2.19. The molecule has 0 radical (unpaired) electrons. The average Bonchev–Trinajstić information content (AvgIpc) is 2.91. The zero-order chi connectivity index (χ0) is 18.0. The fourth-order valence-corrected chi connectivity index (χ4v) is 2.99. The van der Waals surface area contributed by atoms with Crippen LogP contribution >= 0.6 is 39.1 Å². The van der Waals surface area contributed by atoms with E-state index >= 15 is 0 Å². The van der Waals surface area contributed by atoms with Crippen LogP contribution in [-0.4, -0.2) is 15.7 Å². The Kier molecular flexibility index (Phi) is 5.42. The first-order valence-electron chi connectivity index (χ1n) is 7.17. The number of hydrogen-bond acceptors (Lipinski definition) is 2. The lowest BCUT2D eigenvalue weighted by Gasteiger charge is -2.06. The summed E-state index contributed by atoms with van der Waals surface area (Å²) in [6.45, 7) is 0.437. The van der Waals surface area contributed by atoms with E-state index in [0.29, 0.717) is 21.9 Å². The lowest BCUT2D eigenvalue weighted by atomic mass is 10.2. The monoisotopic (exact) mass is 441 g/mol. The van der Waals surface area contributed by atoms with E-state index in [1.807, 2.05) is 0 Å². The molecule has 0 spiro atoms. The highest BCUT2D eigenvalue weighted by Crippen LogP contribution is 2.27. The lowest BCUT2D eigenvalue weighted by molar-refractivity contribution is 0.102. The first-order valence-corrected chi connectivity index (χ1v) is 8.71. The molecule has 3 aromatic rings. The highest BCUT2D eigenvalue weighted by molar-refractivity contribution is 9.10. The number of amides is 1. The number of rotatable bonds is 4. The number of hydrogen-bond donors (Lipinski definition) is 1. The van der Waals surface area contributed by atoms with Crippen LogP contribution in [0, 0.1) is 5.82 Å². The molecule has 0 saturated carbocycles. The molecule has 0 aliphatic heterocycles. The van der Waals surface area contributed by atoms with Gasteiger partial charge in [0.2, 0.25) is 0 Å². The highest BCUT2D eigenvalue weighted by Gasteiger charge is 2.16. The smallest absolute Gasteiger partial charge is 0.258 e. The van der Waals surface area contributed by atoms with Gasteiger partial charge in [-0.2, -0.15) is 5.10 Å². The van der Waals surface area contributed by atoms with Gasteiger partial charge < -0.3 is 5.32 Å². The van der Waals surface area contributed by atoms with Crippen LogP contribution in [0.3, 0.4) is 0 Å². The quantitative estimate of drug-likeness (QED) is 0.588. The van der Waals surface area contributed by atoms with Gasteiger partial charge in [0.05, 0.1) is 26.6 Å².